The van der Waals surface area contributed by atoms with Crippen molar-refractivity contribution < 1.29 is 44.3 Å². The summed E-state index contributed by atoms with van der Waals surface area (Å²) in [6.45, 7) is 18.8. The molecule has 4 heterocycles. The van der Waals surface area contributed by atoms with Crippen molar-refractivity contribution in [3.63, 3.8) is 0 Å². The Labute approximate surface area is 439 Å². The molecular formula is C53H64F6N12O4S. The maximum atomic E-state index is 13.3. The molecule has 76 heavy (non-hydrogen) atoms. The zero-order chi connectivity index (χ0) is 54.8. The Bertz CT molecular complexity index is 3020. The number of nitrogens with two attached hydrogens (primary N) is 3. The van der Waals surface area contributed by atoms with Crippen LogP contribution in [0.5, 0.6) is 0 Å². The normalized spacial score (nSPS) is 14.5. The lowest BCUT2D eigenvalue weighted by molar-refractivity contribution is -0.138. The van der Waals surface area contributed by atoms with Crippen molar-refractivity contribution in [2.45, 2.75) is 71.6 Å². The van der Waals surface area contributed by atoms with Gasteiger partial charge in [-0.05, 0) is 88.4 Å². The number of hydrogen-bond donors (Lipinski definition) is 4. The number of nitrogens with zero attached hydrogens (tertiary/aromatic N) is 8. The molecule has 4 aromatic carbocycles. The minimum absolute atomic E-state index is 0. The Morgan fingerprint density at radius 1 is 0.579 bits per heavy atom. The molecule has 2 aromatic heterocycles. The quantitative estimate of drug-likeness (QED) is 0.0388. The summed E-state index contributed by atoms with van der Waals surface area (Å²) in [4.78, 5) is 50.1. The standard InChI is InChI=1S/C25H27F3N6O.C14H12F3N3O3S.C13H21N3.CH4/c1-16(2)33-11-13-34(14-12-33)18-9-7-17(8-10-18)31-24-30-15-20(23(29)32-24)22(35)19-5-3-4-6-21(19)25(26,27)28;1-2-24(22,23)13-19-7-9(12(18)20-13)11(21)8-5-3-4-6-10(8)14(15,16)17;1-11(2)15-7-9-16(10-8-15)13-5-3-12(14)4-6-13;/h3-10,15-16H,11-14H2,1-2H3,(H3,29,30,31,32);3-7H,2H2,1H3,(H2,18,19,20);3-6,11H,7-10,14H2,1-2H3;1H4. The maximum absolute atomic E-state index is 13.3. The Hall–Kier alpha value is -7.37. The van der Waals surface area contributed by atoms with E-state index in [2.05, 4.69) is 84.7 Å². The predicted molar refractivity (Wildman–Crippen MR) is 286 cm³/mol. The summed E-state index contributed by atoms with van der Waals surface area (Å²) >= 11 is 0. The van der Waals surface area contributed by atoms with Gasteiger partial charge in [0, 0.05) is 111 Å². The number of rotatable bonds is 12. The summed E-state index contributed by atoms with van der Waals surface area (Å²) < 4.78 is 102. The lowest BCUT2D eigenvalue weighted by atomic mass is 9.99. The first-order valence-electron chi connectivity index (χ1n) is 24.0. The molecule has 0 spiro atoms. The van der Waals surface area contributed by atoms with Crippen LogP contribution in [-0.4, -0.2) is 120 Å². The third-order valence-corrected chi connectivity index (χ3v) is 14.1. The van der Waals surface area contributed by atoms with Crippen LogP contribution in [-0.2, 0) is 22.2 Å². The largest absolute Gasteiger partial charge is 0.417 e. The van der Waals surface area contributed by atoms with Crippen LogP contribution in [0.1, 0.15) is 85.0 Å². The summed E-state index contributed by atoms with van der Waals surface area (Å²) in [5, 5.41) is 2.44. The molecule has 408 valence electrons. The topological polar surface area (TPSA) is 223 Å². The average molecular weight is 1080 g/mol. The molecule has 0 amide bonds. The van der Waals surface area contributed by atoms with E-state index in [1.54, 1.807) is 0 Å². The van der Waals surface area contributed by atoms with Crippen molar-refractivity contribution >= 4 is 61.7 Å². The van der Waals surface area contributed by atoms with E-state index < -0.39 is 72.5 Å². The predicted octanol–water partition coefficient (Wildman–Crippen LogP) is 9.12. The van der Waals surface area contributed by atoms with Gasteiger partial charge in [0.1, 0.15) is 11.6 Å². The van der Waals surface area contributed by atoms with Crippen LogP contribution in [0.3, 0.4) is 0 Å². The molecule has 23 heteroatoms. The van der Waals surface area contributed by atoms with E-state index in [0.717, 1.165) is 112 Å². The van der Waals surface area contributed by atoms with Gasteiger partial charge in [0.2, 0.25) is 20.9 Å². The van der Waals surface area contributed by atoms with Crippen molar-refractivity contribution in [3.8, 4) is 0 Å². The molecule has 0 atom stereocenters. The van der Waals surface area contributed by atoms with Gasteiger partial charge in [0.15, 0.2) is 11.6 Å². The number of halogens is 6. The number of anilines is 7. The molecule has 0 unspecified atom stereocenters. The molecule has 0 saturated carbocycles. The molecular weight excluding hydrogens is 1010 g/mol. The number of nitrogens with one attached hydrogen (secondary N) is 1. The van der Waals surface area contributed by atoms with Gasteiger partial charge >= 0.3 is 12.4 Å². The molecule has 2 aliphatic rings. The fraction of sp³-hybridized carbons (Fsp3) is 0.358. The SMILES string of the molecule is C.CC(C)N1CCN(c2ccc(N)cc2)CC1.CC(C)N1CCN(c2ccc(Nc3ncc(C(=O)c4ccccc4C(F)(F)F)c(N)n3)cc2)CC1.CCS(=O)(=O)c1ncc(C(=O)c2ccccc2C(F)(F)F)c(N)n1. The van der Waals surface area contributed by atoms with Crippen LogP contribution >= 0.6 is 0 Å². The summed E-state index contributed by atoms with van der Waals surface area (Å²) in [6.07, 6.45) is -7.44. The molecule has 2 aliphatic heterocycles. The lowest BCUT2D eigenvalue weighted by Crippen LogP contribution is -2.48. The first-order valence-corrected chi connectivity index (χ1v) is 25.6. The molecule has 2 fully saturated rings. The second kappa shape index (κ2) is 25.4. The maximum Gasteiger partial charge on any atom is 0.417 e. The van der Waals surface area contributed by atoms with Crippen molar-refractivity contribution in [2.75, 3.05) is 90.4 Å². The second-order valence-corrected chi connectivity index (χ2v) is 20.3. The van der Waals surface area contributed by atoms with Gasteiger partial charge < -0.3 is 32.3 Å². The molecule has 0 aliphatic carbocycles. The summed E-state index contributed by atoms with van der Waals surface area (Å²) in [7, 11) is -3.75. The number of carbonyl (C=O) groups excluding carboxylic acids is 2. The Morgan fingerprint density at radius 2 is 0.974 bits per heavy atom. The molecule has 8 rings (SSSR count). The number of benzene rings is 4. The fourth-order valence-electron chi connectivity index (χ4n) is 8.17. The second-order valence-electron chi connectivity index (χ2n) is 18.1. The fourth-order valence-corrected chi connectivity index (χ4v) is 8.88. The van der Waals surface area contributed by atoms with Crippen LogP contribution in [0.4, 0.5) is 66.7 Å². The van der Waals surface area contributed by atoms with Gasteiger partial charge in [0.25, 0.3) is 0 Å². The van der Waals surface area contributed by atoms with Crippen molar-refractivity contribution in [1.82, 2.24) is 29.7 Å². The summed E-state index contributed by atoms with van der Waals surface area (Å²) in [5.41, 5.74) is 17.3. The molecule has 0 radical (unpaired) electrons. The summed E-state index contributed by atoms with van der Waals surface area (Å²) in [5.74, 6) is -2.77. The van der Waals surface area contributed by atoms with E-state index >= 15 is 0 Å². The van der Waals surface area contributed by atoms with E-state index in [1.165, 1.54) is 30.8 Å². The number of ketones is 2. The van der Waals surface area contributed by atoms with Gasteiger partial charge in [-0.2, -0.15) is 31.3 Å². The van der Waals surface area contributed by atoms with Crippen molar-refractivity contribution in [1.29, 1.82) is 0 Å². The number of alkyl halides is 6. The molecule has 7 N–H and O–H groups in total. The first-order chi connectivity index (χ1) is 35.4. The molecule has 6 aromatic rings. The Balaban J connectivity index is 0.000000225. The highest BCUT2D eigenvalue weighted by Gasteiger charge is 2.37. The number of nitrogen functional groups attached to an aromatic ring is 3. The highest BCUT2D eigenvalue weighted by Crippen LogP contribution is 2.35. The lowest BCUT2D eigenvalue weighted by Gasteiger charge is -2.38. The van der Waals surface area contributed by atoms with Crippen LogP contribution in [0.15, 0.2) is 115 Å². The van der Waals surface area contributed by atoms with E-state index in [1.807, 2.05) is 36.4 Å². The summed E-state index contributed by atoms with van der Waals surface area (Å²) in [6, 6.07) is 25.9. The minimum Gasteiger partial charge on any atom is -0.399 e. The van der Waals surface area contributed by atoms with Crippen LogP contribution < -0.4 is 32.3 Å². The number of carbonyl (C=O) groups is 2. The van der Waals surface area contributed by atoms with Crippen molar-refractivity contribution in [2.24, 2.45) is 0 Å². The average Bonchev–Trinajstić information content (AvgIpc) is 3.39. The highest BCUT2D eigenvalue weighted by atomic mass is 32.2. The van der Waals surface area contributed by atoms with Gasteiger partial charge in [-0.3, -0.25) is 19.4 Å². The number of piperazine rings is 2. The molecule has 16 nitrogen and oxygen atoms in total. The van der Waals surface area contributed by atoms with E-state index in [0.29, 0.717) is 12.1 Å². The Morgan fingerprint density at radius 3 is 1.36 bits per heavy atom. The number of aromatic nitrogens is 4. The van der Waals surface area contributed by atoms with E-state index in [4.69, 9.17) is 17.2 Å². The highest BCUT2D eigenvalue weighted by molar-refractivity contribution is 7.91. The van der Waals surface area contributed by atoms with Gasteiger partial charge in [-0.25, -0.2) is 23.4 Å². The molecule has 2 saturated heterocycles. The number of sulfone groups is 1. The zero-order valence-electron chi connectivity index (χ0n) is 42.0. The first kappa shape index (κ1) is 59.5. The molecule has 0 bridgehead atoms. The van der Waals surface area contributed by atoms with Gasteiger partial charge in [-0.15, -0.1) is 0 Å². The minimum atomic E-state index is -4.73. The monoisotopic (exact) mass is 1080 g/mol. The smallest absolute Gasteiger partial charge is 0.399 e. The van der Waals surface area contributed by atoms with E-state index in [-0.39, 0.29) is 30.5 Å². The van der Waals surface area contributed by atoms with Crippen molar-refractivity contribution in [3.05, 3.63) is 143 Å². The number of hydrogen-bond acceptors (Lipinski definition) is 16. The third-order valence-electron chi connectivity index (χ3n) is 12.6. The van der Waals surface area contributed by atoms with Gasteiger partial charge in [0.05, 0.1) is 28.0 Å². The third kappa shape index (κ3) is 15.2. The van der Waals surface area contributed by atoms with E-state index in [9.17, 15) is 44.3 Å². The van der Waals surface area contributed by atoms with Crippen LogP contribution in [0, 0.1) is 0 Å². The Kier molecular flexibility index (Phi) is 19.9. The zero-order valence-corrected chi connectivity index (χ0v) is 42.8. The van der Waals surface area contributed by atoms with Gasteiger partial charge in [-0.1, -0.05) is 50.7 Å². The van der Waals surface area contributed by atoms with Crippen LogP contribution in [0.2, 0.25) is 0 Å². The van der Waals surface area contributed by atoms with Crippen LogP contribution in [0.25, 0.3) is 0 Å².